The number of carbonyl (C=O) groups is 1. The van der Waals surface area contributed by atoms with Gasteiger partial charge in [0.1, 0.15) is 5.82 Å². The maximum Gasteiger partial charge on any atom is 0.234 e. The van der Waals surface area contributed by atoms with Crippen LogP contribution in [0.3, 0.4) is 0 Å². The van der Waals surface area contributed by atoms with E-state index < -0.39 is 0 Å². The van der Waals surface area contributed by atoms with Crippen LogP contribution in [0.25, 0.3) is 0 Å². The number of nitrogens with one attached hydrogen (secondary N) is 1. The number of ether oxygens (including phenoxy) is 1. The van der Waals surface area contributed by atoms with E-state index in [0.717, 1.165) is 73.8 Å². The maximum atomic E-state index is 12.7. The quantitative estimate of drug-likeness (QED) is 0.505. The van der Waals surface area contributed by atoms with Crippen LogP contribution in [0.4, 0.5) is 5.69 Å². The fourth-order valence-corrected chi connectivity index (χ4v) is 7.75. The van der Waals surface area contributed by atoms with Gasteiger partial charge in [-0.3, -0.25) is 9.69 Å². The highest BCUT2D eigenvalue weighted by Gasteiger charge is 2.41. The Bertz CT molecular complexity index is 1020. The number of fused-ring (bicyclic) bond motifs is 2. The van der Waals surface area contributed by atoms with Gasteiger partial charge in [-0.05, 0) is 79.9 Å². The lowest BCUT2D eigenvalue weighted by atomic mass is 9.57. The molecule has 2 aromatic rings. The van der Waals surface area contributed by atoms with Crippen molar-refractivity contribution in [1.29, 1.82) is 0 Å². The van der Waals surface area contributed by atoms with Crippen molar-refractivity contribution in [2.45, 2.75) is 76.5 Å². The van der Waals surface area contributed by atoms with Crippen LogP contribution in [0.1, 0.15) is 64.3 Å². The first-order valence-corrected chi connectivity index (χ1v) is 14.7. The Morgan fingerprint density at radius 1 is 1.11 bits per heavy atom. The van der Waals surface area contributed by atoms with Crippen molar-refractivity contribution >= 4 is 23.4 Å². The third-order valence-corrected chi connectivity index (χ3v) is 9.36. The number of thioether (sulfide) groups is 1. The molecule has 1 amide bonds. The van der Waals surface area contributed by atoms with E-state index >= 15 is 0 Å². The van der Waals surface area contributed by atoms with Gasteiger partial charge in [-0.25, -0.2) is 0 Å². The summed E-state index contributed by atoms with van der Waals surface area (Å²) >= 11 is 1.45. The maximum absolute atomic E-state index is 12.7. The second-order valence-corrected chi connectivity index (χ2v) is 12.4. The number of morpholine rings is 1. The molecule has 0 spiro atoms. The van der Waals surface area contributed by atoms with Crippen LogP contribution >= 0.6 is 11.8 Å². The van der Waals surface area contributed by atoms with E-state index in [1.807, 2.05) is 0 Å². The Kier molecular flexibility index (Phi) is 8.03. The minimum atomic E-state index is -0.0134. The zero-order chi connectivity index (χ0) is 25.1. The lowest BCUT2D eigenvalue weighted by Crippen LogP contribution is -2.38. The van der Waals surface area contributed by atoms with E-state index in [4.69, 9.17) is 4.74 Å². The monoisotopic (exact) mass is 511 g/mol. The molecular formula is C28H41N5O2S. The zero-order valence-electron chi connectivity index (χ0n) is 22.0. The second kappa shape index (κ2) is 11.2. The average Bonchev–Trinajstić information content (AvgIpc) is 3.24. The summed E-state index contributed by atoms with van der Waals surface area (Å²) in [5, 5.41) is 12.6. The minimum absolute atomic E-state index is 0.0134. The van der Waals surface area contributed by atoms with Crippen LogP contribution in [0.2, 0.25) is 0 Å². The van der Waals surface area contributed by atoms with Gasteiger partial charge >= 0.3 is 0 Å². The normalized spacial score (nSPS) is 28.7. The molecule has 2 heterocycles. The van der Waals surface area contributed by atoms with Gasteiger partial charge in [0.2, 0.25) is 5.91 Å². The van der Waals surface area contributed by atoms with Gasteiger partial charge in [-0.2, -0.15) is 0 Å². The molecular weight excluding hydrogens is 470 g/mol. The van der Waals surface area contributed by atoms with Crippen LogP contribution in [-0.2, 0) is 28.0 Å². The van der Waals surface area contributed by atoms with E-state index in [-0.39, 0.29) is 11.3 Å². The van der Waals surface area contributed by atoms with Crippen molar-refractivity contribution < 1.29 is 9.53 Å². The molecule has 2 saturated carbocycles. The summed E-state index contributed by atoms with van der Waals surface area (Å²) in [4.78, 5) is 15.0. The summed E-state index contributed by atoms with van der Waals surface area (Å²) in [6, 6.07) is 8.62. The van der Waals surface area contributed by atoms with E-state index in [1.165, 1.54) is 49.4 Å². The van der Waals surface area contributed by atoms with Gasteiger partial charge in [0.05, 0.1) is 25.5 Å². The number of aromatic nitrogens is 3. The first kappa shape index (κ1) is 25.7. The molecule has 1 aliphatic heterocycles. The van der Waals surface area contributed by atoms with Crippen molar-refractivity contribution in [3.63, 3.8) is 0 Å². The molecule has 2 unspecified atom stereocenters. The Balaban J connectivity index is 1.14. The Labute approximate surface area is 219 Å². The SMILES string of the molecule is CCn1c(CN2CCOCC2)nnc1SCC(=O)Nc1ccc(C2(C)CC3CC(C)CC(C3)C2)cc1. The predicted molar refractivity (Wildman–Crippen MR) is 144 cm³/mol. The van der Waals surface area contributed by atoms with Crippen molar-refractivity contribution in [3.8, 4) is 0 Å². The van der Waals surface area contributed by atoms with E-state index in [2.05, 4.69) is 70.0 Å². The molecule has 1 saturated heterocycles. The summed E-state index contributed by atoms with van der Waals surface area (Å²) in [6.07, 6.45) is 6.78. The summed E-state index contributed by atoms with van der Waals surface area (Å²) in [5.74, 6) is 3.88. The van der Waals surface area contributed by atoms with Crippen LogP contribution in [0.15, 0.2) is 29.4 Å². The topological polar surface area (TPSA) is 72.3 Å². The Hall–Kier alpha value is -1.90. The molecule has 0 radical (unpaired) electrons. The molecule has 8 heteroatoms. The van der Waals surface area contributed by atoms with Gasteiger partial charge in [-0.1, -0.05) is 37.7 Å². The molecule has 3 fully saturated rings. The molecule has 3 aliphatic rings. The highest BCUT2D eigenvalue weighted by Crippen LogP contribution is 2.51. The number of anilines is 1. The van der Waals surface area contributed by atoms with Gasteiger partial charge in [0.25, 0.3) is 0 Å². The Morgan fingerprint density at radius 2 is 1.81 bits per heavy atom. The fourth-order valence-electron chi connectivity index (χ4n) is 6.93. The summed E-state index contributed by atoms with van der Waals surface area (Å²) in [6.45, 7) is 11.9. The minimum Gasteiger partial charge on any atom is -0.379 e. The van der Waals surface area contributed by atoms with Gasteiger partial charge < -0.3 is 14.6 Å². The number of amides is 1. The first-order valence-electron chi connectivity index (χ1n) is 13.7. The Morgan fingerprint density at radius 3 is 2.47 bits per heavy atom. The smallest absolute Gasteiger partial charge is 0.234 e. The van der Waals surface area contributed by atoms with Gasteiger partial charge in [0.15, 0.2) is 5.16 Å². The largest absolute Gasteiger partial charge is 0.379 e. The van der Waals surface area contributed by atoms with Gasteiger partial charge in [-0.15, -0.1) is 10.2 Å². The van der Waals surface area contributed by atoms with Crippen LogP contribution in [0, 0.1) is 17.8 Å². The molecule has 1 aromatic heterocycles. The van der Waals surface area contributed by atoms with Gasteiger partial charge in [0, 0.05) is 25.3 Å². The first-order chi connectivity index (χ1) is 17.4. The van der Waals surface area contributed by atoms with Crippen molar-refractivity contribution in [3.05, 3.63) is 35.7 Å². The molecule has 7 nitrogen and oxygen atoms in total. The molecule has 1 aromatic carbocycles. The third-order valence-electron chi connectivity index (χ3n) is 8.39. The molecule has 5 rings (SSSR count). The van der Waals surface area contributed by atoms with Crippen LogP contribution in [-0.4, -0.2) is 57.6 Å². The number of nitrogens with zero attached hydrogens (tertiary/aromatic N) is 4. The summed E-state index contributed by atoms with van der Waals surface area (Å²) in [7, 11) is 0. The standard InChI is InChI=1S/C28H41N5O2S/c1-4-33-25(18-32-9-11-35-12-10-32)30-31-27(33)36-19-26(34)29-24-7-5-23(6-8-24)28(3)16-21-13-20(2)14-22(15-21)17-28/h5-8,20-22H,4,9-19H2,1-3H3,(H,29,34). The van der Waals surface area contributed by atoms with E-state index in [0.29, 0.717) is 5.75 Å². The predicted octanol–water partition coefficient (Wildman–Crippen LogP) is 4.96. The lowest BCUT2D eigenvalue weighted by molar-refractivity contribution is -0.113. The van der Waals surface area contributed by atoms with E-state index in [1.54, 1.807) is 0 Å². The van der Waals surface area contributed by atoms with Crippen molar-refractivity contribution in [1.82, 2.24) is 19.7 Å². The van der Waals surface area contributed by atoms with Crippen molar-refractivity contribution in [2.75, 3.05) is 37.4 Å². The third kappa shape index (κ3) is 5.97. The van der Waals surface area contributed by atoms with Crippen molar-refractivity contribution in [2.24, 2.45) is 17.8 Å². The van der Waals surface area contributed by atoms with E-state index in [9.17, 15) is 4.79 Å². The average molecular weight is 512 g/mol. The molecule has 36 heavy (non-hydrogen) atoms. The molecule has 2 atom stereocenters. The number of benzene rings is 1. The number of carbonyl (C=O) groups excluding carboxylic acids is 1. The number of rotatable bonds is 8. The van der Waals surface area contributed by atoms with Crippen LogP contribution < -0.4 is 5.32 Å². The summed E-state index contributed by atoms with van der Waals surface area (Å²) < 4.78 is 7.56. The molecule has 1 N–H and O–H groups in total. The summed E-state index contributed by atoms with van der Waals surface area (Å²) in [5.41, 5.74) is 2.54. The number of hydrogen-bond acceptors (Lipinski definition) is 6. The highest BCUT2D eigenvalue weighted by atomic mass is 32.2. The van der Waals surface area contributed by atoms with Crippen LogP contribution in [0.5, 0.6) is 0 Å². The molecule has 2 aliphatic carbocycles. The lowest BCUT2D eigenvalue weighted by Gasteiger charge is -2.47. The molecule has 2 bridgehead atoms. The number of hydrogen-bond donors (Lipinski definition) is 1. The second-order valence-electron chi connectivity index (χ2n) is 11.5. The zero-order valence-corrected chi connectivity index (χ0v) is 22.9. The highest BCUT2D eigenvalue weighted by molar-refractivity contribution is 7.99. The fraction of sp³-hybridized carbons (Fsp3) is 0.679. The molecule has 196 valence electrons.